The highest BCUT2D eigenvalue weighted by atomic mass is 32.1. The van der Waals surface area contributed by atoms with Gasteiger partial charge in [-0.1, -0.05) is 0 Å². The first-order valence-electron chi connectivity index (χ1n) is 7.50. The molecule has 0 atom stereocenters. The van der Waals surface area contributed by atoms with Crippen LogP contribution in [0.1, 0.15) is 20.0 Å². The van der Waals surface area contributed by atoms with Crippen LogP contribution in [-0.4, -0.2) is 51.0 Å². The molecule has 0 aliphatic carbocycles. The van der Waals surface area contributed by atoms with Gasteiger partial charge in [0, 0.05) is 25.7 Å². The molecule has 7 heteroatoms. The lowest BCUT2D eigenvalue weighted by molar-refractivity contribution is 0.0801. The first-order chi connectivity index (χ1) is 11.5. The molecule has 1 heterocycles. The molecule has 0 saturated heterocycles. The number of hydrogen-bond acceptors (Lipinski definition) is 5. The number of likely N-dealkylation sites (N-methyl/N-ethyl adjacent to an activating group) is 2. The maximum Gasteiger partial charge on any atom is 0.263 e. The Labute approximate surface area is 145 Å². The van der Waals surface area contributed by atoms with Crippen molar-refractivity contribution in [1.29, 1.82) is 0 Å². The number of ether oxygens (including phenoxy) is 1. The second-order valence-electron chi connectivity index (χ2n) is 5.18. The van der Waals surface area contributed by atoms with Gasteiger partial charge in [-0.2, -0.15) is 0 Å². The van der Waals surface area contributed by atoms with Crippen LogP contribution in [0, 0.1) is 0 Å². The van der Waals surface area contributed by atoms with Gasteiger partial charge in [0.15, 0.2) is 0 Å². The van der Waals surface area contributed by atoms with Crippen LogP contribution >= 0.6 is 11.3 Å². The molecule has 1 aromatic carbocycles. The van der Waals surface area contributed by atoms with Crippen molar-refractivity contribution >= 4 is 28.2 Å². The number of amides is 2. The number of carbonyl (C=O) groups excluding carboxylic acids is 2. The van der Waals surface area contributed by atoms with E-state index in [1.807, 2.05) is 7.05 Å². The second kappa shape index (κ2) is 8.47. The molecule has 1 aromatic heterocycles. The molecule has 128 valence electrons. The van der Waals surface area contributed by atoms with E-state index in [2.05, 4.69) is 10.6 Å². The van der Waals surface area contributed by atoms with Crippen molar-refractivity contribution in [2.75, 3.05) is 39.6 Å². The van der Waals surface area contributed by atoms with Crippen molar-refractivity contribution in [2.45, 2.75) is 0 Å². The van der Waals surface area contributed by atoms with Crippen molar-refractivity contribution in [1.82, 2.24) is 10.2 Å². The second-order valence-corrected chi connectivity index (χ2v) is 6.26. The molecular weight excluding hydrogens is 326 g/mol. The smallest absolute Gasteiger partial charge is 0.263 e. The third-order valence-electron chi connectivity index (χ3n) is 3.45. The first-order valence-corrected chi connectivity index (χ1v) is 8.32. The summed E-state index contributed by atoms with van der Waals surface area (Å²) in [4.78, 5) is 26.7. The van der Waals surface area contributed by atoms with Gasteiger partial charge in [0.05, 0.1) is 17.0 Å². The fourth-order valence-corrected chi connectivity index (χ4v) is 2.91. The maximum atomic E-state index is 12.3. The predicted molar refractivity (Wildman–Crippen MR) is 96.2 cm³/mol. The van der Waals surface area contributed by atoms with Gasteiger partial charge in [-0.15, -0.1) is 11.3 Å². The Kier molecular flexibility index (Phi) is 6.34. The standard InChI is InChI=1S/C17H21N3O3S/c1-18-10-11-20(2)17(22)14-8-9-15(24-14)19-16(21)12-4-6-13(23-3)7-5-12/h4-9,18H,10-11H2,1-3H3,(H,19,21). The van der Waals surface area contributed by atoms with Gasteiger partial charge in [0.25, 0.3) is 11.8 Å². The molecular formula is C17H21N3O3S. The lowest BCUT2D eigenvalue weighted by Crippen LogP contribution is -2.32. The molecule has 2 aromatic rings. The summed E-state index contributed by atoms with van der Waals surface area (Å²) in [6.07, 6.45) is 0. The molecule has 2 rings (SSSR count). The van der Waals surface area contributed by atoms with Crippen LogP contribution in [0.4, 0.5) is 5.00 Å². The normalized spacial score (nSPS) is 10.3. The van der Waals surface area contributed by atoms with E-state index < -0.39 is 0 Å². The highest BCUT2D eigenvalue weighted by molar-refractivity contribution is 7.18. The highest BCUT2D eigenvalue weighted by Gasteiger charge is 2.15. The number of anilines is 1. The van der Waals surface area contributed by atoms with E-state index in [0.717, 1.165) is 6.54 Å². The average Bonchev–Trinajstić information content (AvgIpc) is 3.07. The van der Waals surface area contributed by atoms with Crippen molar-refractivity contribution in [2.24, 2.45) is 0 Å². The molecule has 0 aliphatic heterocycles. The molecule has 2 N–H and O–H groups in total. The van der Waals surface area contributed by atoms with Crippen LogP contribution in [0.5, 0.6) is 5.75 Å². The third kappa shape index (κ3) is 4.56. The number of methoxy groups -OCH3 is 1. The minimum Gasteiger partial charge on any atom is -0.497 e. The Morgan fingerprint density at radius 3 is 2.50 bits per heavy atom. The van der Waals surface area contributed by atoms with Gasteiger partial charge in [0.2, 0.25) is 0 Å². The first kappa shape index (κ1) is 18.0. The molecule has 0 saturated carbocycles. The number of benzene rings is 1. The highest BCUT2D eigenvalue weighted by Crippen LogP contribution is 2.24. The van der Waals surface area contributed by atoms with E-state index in [4.69, 9.17) is 4.74 Å². The minimum atomic E-state index is -0.220. The van der Waals surface area contributed by atoms with Crippen LogP contribution in [0.2, 0.25) is 0 Å². The van der Waals surface area contributed by atoms with Crippen LogP contribution in [0.25, 0.3) is 0 Å². The summed E-state index contributed by atoms with van der Waals surface area (Å²) >= 11 is 1.27. The monoisotopic (exact) mass is 347 g/mol. The Bertz CT molecular complexity index is 697. The fraction of sp³-hybridized carbons (Fsp3) is 0.294. The summed E-state index contributed by atoms with van der Waals surface area (Å²) in [5.74, 6) is 0.419. The molecule has 0 aliphatic rings. The number of thiophene rings is 1. The zero-order valence-electron chi connectivity index (χ0n) is 14.0. The van der Waals surface area contributed by atoms with E-state index >= 15 is 0 Å². The summed E-state index contributed by atoms with van der Waals surface area (Å²) in [5.41, 5.74) is 0.531. The van der Waals surface area contributed by atoms with Crippen LogP contribution in [-0.2, 0) is 0 Å². The van der Waals surface area contributed by atoms with E-state index in [9.17, 15) is 9.59 Å². The van der Waals surface area contributed by atoms with E-state index in [0.29, 0.717) is 27.7 Å². The van der Waals surface area contributed by atoms with Crippen molar-refractivity contribution in [3.63, 3.8) is 0 Å². The van der Waals surface area contributed by atoms with Crippen molar-refractivity contribution < 1.29 is 14.3 Å². The van der Waals surface area contributed by atoms with E-state index in [-0.39, 0.29) is 11.8 Å². The number of hydrogen-bond donors (Lipinski definition) is 2. The lowest BCUT2D eigenvalue weighted by Gasteiger charge is -2.15. The quantitative estimate of drug-likeness (QED) is 0.806. The lowest BCUT2D eigenvalue weighted by atomic mass is 10.2. The fourth-order valence-electron chi connectivity index (χ4n) is 2.02. The van der Waals surface area contributed by atoms with Crippen molar-refractivity contribution in [3.8, 4) is 5.75 Å². The number of nitrogens with one attached hydrogen (secondary N) is 2. The number of nitrogens with zero attached hydrogens (tertiary/aromatic N) is 1. The molecule has 2 amide bonds. The largest absolute Gasteiger partial charge is 0.497 e. The van der Waals surface area contributed by atoms with Crippen LogP contribution in [0.15, 0.2) is 36.4 Å². The average molecular weight is 347 g/mol. The predicted octanol–water partition coefficient (Wildman–Crippen LogP) is 2.30. The molecule has 0 bridgehead atoms. The van der Waals surface area contributed by atoms with Gasteiger partial charge in [-0.05, 0) is 43.4 Å². The zero-order valence-corrected chi connectivity index (χ0v) is 14.8. The minimum absolute atomic E-state index is 0.0554. The Morgan fingerprint density at radius 1 is 1.17 bits per heavy atom. The zero-order chi connectivity index (χ0) is 17.5. The van der Waals surface area contributed by atoms with E-state index in [1.165, 1.54) is 11.3 Å². The Balaban J connectivity index is 1.99. The third-order valence-corrected chi connectivity index (χ3v) is 4.44. The van der Waals surface area contributed by atoms with Gasteiger partial charge < -0.3 is 20.3 Å². The summed E-state index contributed by atoms with van der Waals surface area (Å²) in [6.45, 7) is 1.36. The van der Waals surface area contributed by atoms with Crippen LogP contribution in [0.3, 0.4) is 0 Å². The van der Waals surface area contributed by atoms with Gasteiger partial charge >= 0.3 is 0 Å². The molecule has 24 heavy (non-hydrogen) atoms. The molecule has 0 unspecified atom stereocenters. The SMILES string of the molecule is CNCCN(C)C(=O)c1ccc(NC(=O)c2ccc(OC)cc2)s1. The Hall–Kier alpha value is -2.38. The topological polar surface area (TPSA) is 70.7 Å². The van der Waals surface area contributed by atoms with Gasteiger partial charge in [0.1, 0.15) is 5.75 Å². The molecule has 6 nitrogen and oxygen atoms in total. The van der Waals surface area contributed by atoms with E-state index in [1.54, 1.807) is 55.5 Å². The summed E-state index contributed by atoms with van der Waals surface area (Å²) in [7, 11) is 5.18. The number of rotatable bonds is 7. The van der Waals surface area contributed by atoms with Crippen molar-refractivity contribution in [3.05, 3.63) is 46.8 Å². The molecule has 0 spiro atoms. The summed E-state index contributed by atoms with van der Waals surface area (Å²) in [5, 5.41) is 6.45. The maximum absolute atomic E-state index is 12.3. The number of carbonyl (C=O) groups is 2. The summed E-state index contributed by atoms with van der Waals surface area (Å²) < 4.78 is 5.07. The van der Waals surface area contributed by atoms with Gasteiger partial charge in [-0.3, -0.25) is 9.59 Å². The molecule has 0 radical (unpaired) electrons. The Morgan fingerprint density at radius 2 is 1.88 bits per heavy atom. The van der Waals surface area contributed by atoms with Gasteiger partial charge in [-0.25, -0.2) is 0 Å². The van der Waals surface area contributed by atoms with Crippen LogP contribution < -0.4 is 15.4 Å². The summed E-state index contributed by atoms with van der Waals surface area (Å²) in [6, 6.07) is 10.3. The molecule has 0 fully saturated rings.